The first-order valence-corrected chi connectivity index (χ1v) is 8.03. The number of carbonyl (C=O) groups is 1. The van der Waals surface area contributed by atoms with Crippen molar-refractivity contribution in [2.45, 2.75) is 13.1 Å². The fourth-order valence-corrected chi connectivity index (χ4v) is 2.05. The molecule has 0 aliphatic heterocycles. The molecule has 1 aromatic carbocycles. The maximum atomic E-state index is 12.7. The zero-order valence-corrected chi connectivity index (χ0v) is 12.7. The molecule has 0 radical (unpaired) electrons. The predicted octanol–water partition coefficient (Wildman–Crippen LogP) is 1.61. The lowest BCUT2D eigenvalue weighted by atomic mass is 10.1. The van der Waals surface area contributed by atoms with Gasteiger partial charge in [0.15, 0.2) is 0 Å². The highest BCUT2D eigenvalue weighted by Gasteiger charge is 2.31. The van der Waals surface area contributed by atoms with Crippen molar-refractivity contribution in [2.75, 3.05) is 22.8 Å². The second-order valence-electron chi connectivity index (χ2n) is 4.76. The maximum absolute atomic E-state index is 12.7. The minimum atomic E-state index is -4.62. The van der Waals surface area contributed by atoms with Crippen LogP contribution in [0, 0.1) is 5.92 Å². The van der Waals surface area contributed by atoms with Gasteiger partial charge in [-0.05, 0) is 18.2 Å². The number of nitrogens with one attached hydrogen (secondary N) is 2. The summed E-state index contributed by atoms with van der Waals surface area (Å²) in [6.07, 6.45) is -3.78. The topological polar surface area (TPSA) is 101 Å². The Morgan fingerprint density at radius 3 is 2.36 bits per heavy atom. The number of hydrogen-bond donors (Lipinski definition) is 3. The zero-order chi connectivity index (χ0) is 17.1. The van der Waals surface area contributed by atoms with E-state index in [0.29, 0.717) is 6.07 Å². The van der Waals surface area contributed by atoms with Crippen molar-refractivity contribution in [1.82, 2.24) is 0 Å². The van der Waals surface area contributed by atoms with E-state index in [1.807, 2.05) is 4.72 Å². The van der Waals surface area contributed by atoms with Crippen LogP contribution in [0.4, 0.5) is 24.5 Å². The molecule has 0 bridgehead atoms. The first kappa shape index (κ1) is 18.2. The molecule has 0 saturated heterocycles. The third kappa shape index (κ3) is 5.19. The van der Waals surface area contributed by atoms with Gasteiger partial charge in [0.2, 0.25) is 15.9 Å². The Hall–Kier alpha value is -1.81. The summed E-state index contributed by atoms with van der Waals surface area (Å²) < 4.78 is 62.7. The molecule has 0 heterocycles. The van der Waals surface area contributed by atoms with Crippen LogP contribution in [0.15, 0.2) is 18.2 Å². The van der Waals surface area contributed by atoms with Gasteiger partial charge in [0.05, 0.1) is 23.2 Å². The predicted molar refractivity (Wildman–Crippen MR) is 76.8 cm³/mol. The summed E-state index contributed by atoms with van der Waals surface area (Å²) in [4.78, 5) is 11.8. The molecule has 0 saturated carbocycles. The summed E-state index contributed by atoms with van der Waals surface area (Å²) in [6, 6.07) is 2.32. The Labute approximate surface area is 125 Å². The number of hydrogen-bond acceptors (Lipinski definition) is 4. The number of anilines is 2. The summed E-state index contributed by atoms with van der Waals surface area (Å²) in [5.74, 6) is -1.25. The van der Waals surface area contributed by atoms with Crippen molar-refractivity contribution >= 4 is 27.3 Å². The van der Waals surface area contributed by atoms with Crippen LogP contribution in [-0.2, 0) is 21.0 Å². The van der Waals surface area contributed by atoms with Gasteiger partial charge in [-0.3, -0.25) is 9.52 Å². The SMILES string of the molecule is CC(CN)C(=O)Nc1cc(C(F)(F)F)ccc1NS(C)(=O)=O. The van der Waals surface area contributed by atoms with Crippen LogP contribution < -0.4 is 15.8 Å². The first-order valence-electron chi connectivity index (χ1n) is 6.14. The smallest absolute Gasteiger partial charge is 0.330 e. The van der Waals surface area contributed by atoms with Crippen LogP contribution in [0.25, 0.3) is 0 Å². The number of benzene rings is 1. The largest absolute Gasteiger partial charge is 0.416 e. The van der Waals surface area contributed by atoms with Gasteiger partial charge in [-0.2, -0.15) is 13.2 Å². The van der Waals surface area contributed by atoms with E-state index in [0.717, 1.165) is 18.4 Å². The third-order valence-corrected chi connectivity index (χ3v) is 3.29. The van der Waals surface area contributed by atoms with E-state index in [2.05, 4.69) is 5.32 Å². The van der Waals surface area contributed by atoms with Crippen molar-refractivity contribution in [1.29, 1.82) is 0 Å². The van der Waals surface area contributed by atoms with Gasteiger partial charge in [0.25, 0.3) is 0 Å². The van der Waals surface area contributed by atoms with Gasteiger partial charge >= 0.3 is 6.18 Å². The number of sulfonamides is 1. The monoisotopic (exact) mass is 339 g/mol. The summed E-state index contributed by atoms with van der Waals surface area (Å²) in [5, 5.41) is 2.25. The molecule has 1 atom stereocenters. The molecule has 0 aromatic heterocycles. The Morgan fingerprint density at radius 1 is 1.32 bits per heavy atom. The molecule has 124 valence electrons. The van der Waals surface area contributed by atoms with Crippen molar-refractivity contribution in [3.05, 3.63) is 23.8 Å². The van der Waals surface area contributed by atoms with Crippen LogP contribution in [0.5, 0.6) is 0 Å². The normalized spacial score (nSPS) is 13.5. The summed E-state index contributed by atoms with van der Waals surface area (Å²) >= 11 is 0. The molecular weight excluding hydrogens is 323 g/mol. The molecule has 22 heavy (non-hydrogen) atoms. The molecule has 1 amide bonds. The van der Waals surface area contributed by atoms with E-state index in [9.17, 15) is 26.4 Å². The van der Waals surface area contributed by atoms with Crippen molar-refractivity contribution in [3.63, 3.8) is 0 Å². The zero-order valence-electron chi connectivity index (χ0n) is 11.9. The van der Waals surface area contributed by atoms with E-state index < -0.39 is 33.6 Å². The Bertz CT molecular complexity index is 659. The molecule has 1 rings (SSSR count). The average molecular weight is 339 g/mol. The molecule has 0 aliphatic carbocycles. The lowest BCUT2D eigenvalue weighted by Gasteiger charge is -2.16. The highest BCUT2D eigenvalue weighted by molar-refractivity contribution is 7.92. The first-order chi connectivity index (χ1) is 9.94. The van der Waals surface area contributed by atoms with Crippen LogP contribution in [0.3, 0.4) is 0 Å². The summed E-state index contributed by atoms with van der Waals surface area (Å²) in [7, 11) is -3.72. The molecule has 6 nitrogen and oxygen atoms in total. The lowest BCUT2D eigenvalue weighted by molar-refractivity contribution is -0.137. The molecule has 0 spiro atoms. The van der Waals surface area contributed by atoms with Crippen molar-refractivity contribution in [3.8, 4) is 0 Å². The van der Waals surface area contributed by atoms with Gasteiger partial charge in [-0.25, -0.2) is 8.42 Å². The number of rotatable bonds is 5. The quantitative estimate of drug-likeness (QED) is 0.758. The standard InChI is InChI=1S/C12H16F3N3O3S/c1-7(6-16)11(19)17-10-5-8(12(13,14)15)3-4-9(10)18-22(2,20)21/h3-5,7,18H,6,16H2,1-2H3,(H,17,19). The average Bonchev–Trinajstić information content (AvgIpc) is 2.36. The fraction of sp³-hybridized carbons (Fsp3) is 0.417. The maximum Gasteiger partial charge on any atom is 0.416 e. The van der Waals surface area contributed by atoms with E-state index in [1.54, 1.807) is 0 Å². The summed E-state index contributed by atoms with van der Waals surface area (Å²) in [6.45, 7) is 1.49. The number of nitrogens with two attached hydrogens (primary N) is 1. The molecule has 0 fully saturated rings. The van der Waals surface area contributed by atoms with Crippen LogP contribution in [-0.4, -0.2) is 27.1 Å². The third-order valence-electron chi connectivity index (χ3n) is 2.70. The van der Waals surface area contributed by atoms with Gasteiger partial charge < -0.3 is 11.1 Å². The van der Waals surface area contributed by atoms with E-state index >= 15 is 0 Å². The number of carbonyl (C=O) groups excluding carboxylic acids is 1. The molecule has 4 N–H and O–H groups in total. The lowest BCUT2D eigenvalue weighted by Crippen LogP contribution is -2.27. The van der Waals surface area contributed by atoms with Gasteiger partial charge in [-0.1, -0.05) is 6.92 Å². The van der Waals surface area contributed by atoms with Crippen LogP contribution in [0.2, 0.25) is 0 Å². The van der Waals surface area contributed by atoms with Gasteiger partial charge in [-0.15, -0.1) is 0 Å². The molecule has 0 aliphatic rings. The van der Waals surface area contributed by atoms with Gasteiger partial charge in [0, 0.05) is 12.5 Å². The van der Waals surface area contributed by atoms with Crippen molar-refractivity contribution < 1.29 is 26.4 Å². The van der Waals surface area contributed by atoms with E-state index in [-0.39, 0.29) is 17.9 Å². The number of alkyl halides is 3. The van der Waals surface area contributed by atoms with Crippen LogP contribution in [0.1, 0.15) is 12.5 Å². The second kappa shape index (κ2) is 6.53. The molecule has 1 aromatic rings. The Kier molecular flexibility index (Phi) is 5.41. The number of halogens is 3. The van der Waals surface area contributed by atoms with E-state index in [4.69, 9.17) is 5.73 Å². The minimum Gasteiger partial charge on any atom is -0.330 e. The minimum absolute atomic E-state index is 0.000364. The highest BCUT2D eigenvalue weighted by atomic mass is 32.2. The number of amides is 1. The van der Waals surface area contributed by atoms with Gasteiger partial charge in [0.1, 0.15) is 0 Å². The Morgan fingerprint density at radius 2 is 1.91 bits per heavy atom. The second-order valence-corrected chi connectivity index (χ2v) is 6.51. The highest BCUT2D eigenvalue weighted by Crippen LogP contribution is 2.34. The van der Waals surface area contributed by atoms with E-state index in [1.165, 1.54) is 6.92 Å². The molecule has 1 unspecified atom stereocenters. The molecular formula is C12H16F3N3O3S. The fourth-order valence-electron chi connectivity index (χ4n) is 1.48. The van der Waals surface area contributed by atoms with Crippen LogP contribution >= 0.6 is 0 Å². The summed E-state index contributed by atoms with van der Waals surface area (Å²) in [5.41, 5.74) is 3.86. The Balaban J connectivity index is 3.25. The molecule has 10 heteroatoms. The van der Waals surface area contributed by atoms with Crippen molar-refractivity contribution in [2.24, 2.45) is 11.7 Å².